The number of thiophene rings is 1. The van der Waals surface area contributed by atoms with E-state index in [0.717, 1.165) is 22.4 Å². The van der Waals surface area contributed by atoms with Gasteiger partial charge >= 0.3 is 0 Å². The fourth-order valence-corrected chi connectivity index (χ4v) is 2.87. The summed E-state index contributed by atoms with van der Waals surface area (Å²) in [6, 6.07) is 10.00. The Morgan fingerprint density at radius 1 is 1.33 bits per heavy atom. The Balaban J connectivity index is 1.86. The number of carbonyl (C=O) groups excluding carboxylic acids is 1. The highest BCUT2D eigenvalue weighted by Gasteiger charge is 2.04. The third kappa shape index (κ3) is 3.66. The molecule has 2 aromatic rings. The van der Waals surface area contributed by atoms with Crippen LogP contribution in [-0.2, 0) is 13.1 Å². The van der Waals surface area contributed by atoms with E-state index in [0.29, 0.717) is 5.56 Å². The summed E-state index contributed by atoms with van der Waals surface area (Å²) in [5, 5.41) is 5.13. The summed E-state index contributed by atoms with van der Waals surface area (Å²) >= 11 is 4.98. The van der Waals surface area contributed by atoms with E-state index in [1.54, 1.807) is 16.7 Å². The molecule has 3 nitrogen and oxygen atoms in total. The first-order valence-corrected chi connectivity index (χ1v) is 7.15. The van der Waals surface area contributed by atoms with E-state index in [1.165, 1.54) is 5.56 Å². The van der Waals surface area contributed by atoms with Crippen LogP contribution in [0.4, 0.5) is 0 Å². The number of halogens is 1. The van der Waals surface area contributed by atoms with Gasteiger partial charge in [0.05, 0.1) is 5.56 Å². The summed E-state index contributed by atoms with van der Waals surface area (Å²) in [6.45, 7) is 1.54. The second kappa shape index (κ2) is 6.13. The standard InChI is InChI=1S/C13H13BrN2OS/c14-11-3-1-2-9(4-11)6-16-7-12-5-10(8-18-12)13(15)17/h1-5,8,16H,6-7H2,(H2,15,17). The predicted octanol–water partition coefficient (Wildman–Crippen LogP) is 2.90. The molecule has 0 aliphatic carbocycles. The first kappa shape index (κ1) is 13.3. The van der Waals surface area contributed by atoms with Crippen molar-refractivity contribution in [3.8, 4) is 0 Å². The lowest BCUT2D eigenvalue weighted by Gasteiger charge is -2.03. The van der Waals surface area contributed by atoms with Gasteiger partial charge < -0.3 is 11.1 Å². The zero-order valence-electron chi connectivity index (χ0n) is 9.65. The molecule has 0 saturated carbocycles. The predicted molar refractivity (Wildman–Crippen MR) is 77.5 cm³/mol. The number of hydrogen-bond donors (Lipinski definition) is 2. The Kier molecular flexibility index (Phi) is 4.52. The molecule has 0 aliphatic rings. The van der Waals surface area contributed by atoms with Crippen LogP contribution in [0.2, 0.25) is 0 Å². The number of nitrogens with two attached hydrogens (primary N) is 1. The molecule has 1 heterocycles. The number of primary amides is 1. The molecule has 2 rings (SSSR count). The Morgan fingerprint density at radius 2 is 2.17 bits per heavy atom. The normalized spacial score (nSPS) is 10.5. The molecule has 0 unspecified atom stereocenters. The van der Waals surface area contributed by atoms with E-state index in [-0.39, 0.29) is 5.91 Å². The minimum absolute atomic E-state index is 0.371. The van der Waals surface area contributed by atoms with Crippen molar-refractivity contribution >= 4 is 33.2 Å². The molecule has 1 amide bonds. The fraction of sp³-hybridized carbons (Fsp3) is 0.154. The smallest absolute Gasteiger partial charge is 0.249 e. The van der Waals surface area contributed by atoms with E-state index in [9.17, 15) is 4.79 Å². The minimum Gasteiger partial charge on any atom is -0.366 e. The van der Waals surface area contributed by atoms with Crippen LogP contribution in [0, 0.1) is 0 Å². The van der Waals surface area contributed by atoms with Gasteiger partial charge in [0.2, 0.25) is 5.91 Å². The van der Waals surface area contributed by atoms with Crippen molar-refractivity contribution in [2.45, 2.75) is 13.1 Å². The van der Waals surface area contributed by atoms with Crippen molar-refractivity contribution in [2.24, 2.45) is 5.73 Å². The summed E-state index contributed by atoms with van der Waals surface area (Å²) in [5.74, 6) is -0.371. The molecule has 0 aliphatic heterocycles. The minimum atomic E-state index is -0.371. The first-order valence-electron chi connectivity index (χ1n) is 5.47. The number of carbonyl (C=O) groups is 1. The maximum absolute atomic E-state index is 11.0. The number of benzene rings is 1. The quantitative estimate of drug-likeness (QED) is 0.888. The van der Waals surface area contributed by atoms with Gasteiger partial charge in [0.15, 0.2) is 0 Å². The molecule has 1 aromatic carbocycles. The van der Waals surface area contributed by atoms with Gasteiger partial charge in [0.1, 0.15) is 0 Å². The SMILES string of the molecule is NC(=O)c1csc(CNCc2cccc(Br)c2)c1. The average molecular weight is 325 g/mol. The Labute approximate surface area is 118 Å². The molecular formula is C13H13BrN2OS. The molecule has 1 aromatic heterocycles. The number of amides is 1. The van der Waals surface area contributed by atoms with Crippen LogP contribution in [0.15, 0.2) is 40.2 Å². The summed E-state index contributed by atoms with van der Waals surface area (Å²) in [6.07, 6.45) is 0. The third-order valence-corrected chi connectivity index (χ3v) is 3.89. The van der Waals surface area contributed by atoms with Gasteiger partial charge in [0.25, 0.3) is 0 Å². The second-order valence-electron chi connectivity index (χ2n) is 3.90. The van der Waals surface area contributed by atoms with Crippen LogP contribution in [0.1, 0.15) is 20.8 Å². The molecule has 0 atom stereocenters. The van der Waals surface area contributed by atoms with Crippen LogP contribution in [-0.4, -0.2) is 5.91 Å². The van der Waals surface area contributed by atoms with E-state index in [1.807, 2.05) is 18.2 Å². The molecule has 5 heteroatoms. The van der Waals surface area contributed by atoms with Gasteiger partial charge in [0, 0.05) is 27.8 Å². The van der Waals surface area contributed by atoms with Crippen LogP contribution in [0.5, 0.6) is 0 Å². The molecule has 18 heavy (non-hydrogen) atoms. The zero-order chi connectivity index (χ0) is 13.0. The van der Waals surface area contributed by atoms with Crippen molar-refractivity contribution in [1.82, 2.24) is 5.32 Å². The Morgan fingerprint density at radius 3 is 2.83 bits per heavy atom. The molecule has 0 fully saturated rings. The van der Waals surface area contributed by atoms with Crippen LogP contribution in [0.3, 0.4) is 0 Å². The van der Waals surface area contributed by atoms with Gasteiger partial charge in [-0.2, -0.15) is 0 Å². The molecule has 3 N–H and O–H groups in total. The lowest BCUT2D eigenvalue weighted by Crippen LogP contribution is -2.12. The number of rotatable bonds is 5. The summed E-state index contributed by atoms with van der Waals surface area (Å²) in [4.78, 5) is 12.1. The van der Waals surface area contributed by atoms with Crippen molar-refractivity contribution in [2.75, 3.05) is 0 Å². The topological polar surface area (TPSA) is 55.1 Å². The highest BCUT2D eigenvalue weighted by Crippen LogP contribution is 2.15. The largest absolute Gasteiger partial charge is 0.366 e. The zero-order valence-corrected chi connectivity index (χ0v) is 12.1. The molecular weight excluding hydrogens is 312 g/mol. The summed E-state index contributed by atoms with van der Waals surface area (Å²) in [5.41, 5.74) is 7.01. The molecule has 0 radical (unpaired) electrons. The van der Waals surface area contributed by atoms with Crippen molar-refractivity contribution in [1.29, 1.82) is 0 Å². The first-order chi connectivity index (χ1) is 8.65. The highest BCUT2D eigenvalue weighted by atomic mass is 79.9. The van der Waals surface area contributed by atoms with E-state index in [2.05, 4.69) is 33.4 Å². The Bertz CT molecular complexity index is 553. The average Bonchev–Trinajstić information content (AvgIpc) is 2.78. The maximum Gasteiger partial charge on any atom is 0.249 e. The van der Waals surface area contributed by atoms with Crippen LogP contribution >= 0.6 is 27.3 Å². The van der Waals surface area contributed by atoms with E-state index in [4.69, 9.17) is 5.73 Å². The lowest BCUT2D eigenvalue weighted by molar-refractivity contribution is 0.100. The van der Waals surface area contributed by atoms with Crippen molar-refractivity contribution in [3.05, 3.63) is 56.2 Å². The third-order valence-electron chi connectivity index (χ3n) is 2.46. The van der Waals surface area contributed by atoms with Gasteiger partial charge in [-0.05, 0) is 23.8 Å². The van der Waals surface area contributed by atoms with Crippen LogP contribution < -0.4 is 11.1 Å². The maximum atomic E-state index is 11.0. The monoisotopic (exact) mass is 324 g/mol. The van der Waals surface area contributed by atoms with Crippen molar-refractivity contribution in [3.63, 3.8) is 0 Å². The highest BCUT2D eigenvalue weighted by molar-refractivity contribution is 9.10. The molecule has 0 bridgehead atoms. The lowest BCUT2D eigenvalue weighted by atomic mass is 10.2. The van der Waals surface area contributed by atoms with Gasteiger partial charge in [-0.25, -0.2) is 0 Å². The van der Waals surface area contributed by atoms with Crippen molar-refractivity contribution < 1.29 is 4.79 Å². The van der Waals surface area contributed by atoms with E-state index >= 15 is 0 Å². The summed E-state index contributed by atoms with van der Waals surface area (Å²) < 4.78 is 1.08. The number of nitrogens with one attached hydrogen (secondary N) is 1. The molecule has 0 saturated heterocycles. The molecule has 0 spiro atoms. The number of hydrogen-bond acceptors (Lipinski definition) is 3. The second-order valence-corrected chi connectivity index (χ2v) is 5.81. The van der Waals surface area contributed by atoms with Gasteiger partial charge in [-0.1, -0.05) is 28.1 Å². The summed E-state index contributed by atoms with van der Waals surface area (Å²) in [7, 11) is 0. The molecule has 94 valence electrons. The van der Waals surface area contributed by atoms with Crippen LogP contribution in [0.25, 0.3) is 0 Å². The fourth-order valence-electron chi connectivity index (χ4n) is 1.58. The van der Waals surface area contributed by atoms with Gasteiger partial charge in [-0.3, -0.25) is 4.79 Å². The Hall–Kier alpha value is -1.17. The van der Waals surface area contributed by atoms with Gasteiger partial charge in [-0.15, -0.1) is 11.3 Å². The van der Waals surface area contributed by atoms with E-state index < -0.39 is 0 Å².